The zero-order valence-corrected chi connectivity index (χ0v) is 14.3. The van der Waals surface area contributed by atoms with Crippen LogP contribution in [-0.2, 0) is 7.05 Å². The van der Waals surface area contributed by atoms with E-state index in [1.165, 1.54) is 19.4 Å². The Morgan fingerprint density at radius 3 is 2.78 bits per heavy atom. The van der Waals surface area contributed by atoms with Crippen LogP contribution >= 0.6 is 12.4 Å². The number of hydrogen-bond donors (Lipinski definition) is 2. The number of anilines is 1. The second-order valence-corrected chi connectivity index (χ2v) is 6.51. The van der Waals surface area contributed by atoms with Crippen LogP contribution in [0.15, 0.2) is 18.3 Å². The molecule has 3 atom stereocenters. The quantitative estimate of drug-likeness (QED) is 0.898. The molecular weight excluding hydrogens is 312 g/mol. The predicted molar refractivity (Wildman–Crippen MR) is 92.7 cm³/mol. The number of hydrogen-bond acceptors (Lipinski definition) is 5. The Labute approximate surface area is 142 Å². The SMILES string of the molecule is Cc1cnn(C)c1-c1ccc(NC2CCC3CNCC32)nn1.Cl. The molecule has 2 aromatic rings. The van der Waals surface area contributed by atoms with Gasteiger partial charge in [-0.1, -0.05) is 0 Å². The van der Waals surface area contributed by atoms with Gasteiger partial charge in [0.05, 0.1) is 11.9 Å². The van der Waals surface area contributed by atoms with Gasteiger partial charge in [-0.2, -0.15) is 5.10 Å². The molecule has 124 valence electrons. The van der Waals surface area contributed by atoms with Crippen LogP contribution in [0.25, 0.3) is 11.4 Å². The largest absolute Gasteiger partial charge is 0.366 e. The van der Waals surface area contributed by atoms with E-state index in [-0.39, 0.29) is 12.4 Å². The molecule has 0 spiro atoms. The minimum Gasteiger partial charge on any atom is -0.366 e. The van der Waals surface area contributed by atoms with Crippen LogP contribution in [0, 0.1) is 18.8 Å². The van der Waals surface area contributed by atoms with Gasteiger partial charge in [-0.25, -0.2) is 0 Å². The van der Waals surface area contributed by atoms with Crippen molar-refractivity contribution in [3.05, 3.63) is 23.9 Å². The summed E-state index contributed by atoms with van der Waals surface area (Å²) in [6, 6.07) is 4.59. The summed E-state index contributed by atoms with van der Waals surface area (Å²) in [4.78, 5) is 0. The van der Waals surface area contributed by atoms with E-state index in [4.69, 9.17) is 0 Å². The Bertz CT molecular complexity index is 648. The molecule has 3 unspecified atom stereocenters. The first-order valence-electron chi connectivity index (χ1n) is 8.02. The van der Waals surface area contributed by atoms with E-state index in [1.54, 1.807) is 0 Å². The molecule has 1 saturated carbocycles. The van der Waals surface area contributed by atoms with Crippen molar-refractivity contribution in [1.29, 1.82) is 0 Å². The summed E-state index contributed by atoms with van der Waals surface area (Å²) in [6.45, 7) is 4.34. The molecule has 0 amide bonds. The van der Waals surface area contributed by atoms with E-state index >= 15 is 0 Å². The molecule has 2 N–H and O–H groups in total. The minimum absolute atomic E-state index is 0. The molecule has 6 nitrogen and oxygen atoms in total. The Morgan fingerprint density at radius 2 is 2.09 bits per heavy atom. The second kappa shape index (κ2) is 6.45. The van der Waals surface area contributed by atoms with Crippen molar-refractivity contribution >= 4 is 18.2 Å². The average Bonchev–Trinajstić information content (AvgIpc) is 3.19. The van der Waals surface area contributed by atoms with Crippen molar-refractivity contribution in [2.45, 2.75) is 25.8 Å². The zero-order valence-electron chi connectivity index (χ0n) is 13.5. The number of rotatable bonds is 3. The number of fused-ring (bicyclic) bond motifs is 1. The van der Waals surface area contributed by atoms with Crippen LogP contribution in [0.5, 0.6) is 0 Å². The summed E-state index contributed by atoms with van der Waals surface area (Å²) < 4.78 is 1.85. The molecule has 2 aromatic heterocycles. The summed E-state index contributed by atoms with van der Waals surface area (Å²) in [5, 5.41) is 20.1. The number of nitrogens with zero attached hydrogens (tertiary/aromatic N) is 4. The maximum Gasteiger partial charge on any atom is 0.148 e. The van der Waals surface area contributed by atoms with Crippen LogP contribution in [-0.4, -0.2) is 39.1 Å². The van der Waals surface area contributed by atoms with E-state index < -0.39 is 0 Å². The smallest absolute Gasteiger partial charge is 0.148 e. The molecule has 23 heavy (non-hydrogen) atoms. The Kier molecular flexibility index (Phi) is 4.55. The van der Waals surface area contributed by atoms with Gasteiger partial charge in [0.25, 0.3) is 0 Å². The summed E-state index contributed by atoms with van der Waals surface area (Å²) in [5.74, 6) is 2.45. The predicted octanol–water partition coefficient (Wildman–Crippen LogP) is 2.02. The van der Waals surface area contributed by atoms with Crippen molar-refractivity contribution in [1.82, 2.24) is 25.3 Å². The van der Waals surface area contributed by atoms with Crippen LogP contribution in [0.2, 0.25) is 0 Å². The van der Waals surface area contributed by atoms with E-state index in [9.17, 15) is 0 Å². The van der Waals surface area contributed by atoms with Crippen LogP contribution in [0.4, 0.5) is 5.82 Å². The van der Waals surface area contributed by atoms with Crippen LogP contribution in [0.3, 0.4) is 0 Å². The van der Waals surface area contributed by atoms with Gasteiger partial charge in [0, 0.05) is 19.6 Å². The fourth-order valence-electron chi connectivity index (χ4n) is 3.97. The first-order chi connectivity index (χ1) is 10.7. The van der Waals surface area contributed by atoms with E-state index in [2.05, 4.69) is 25.9 Å². The summed E-state index contributed by atoms with van der Waals surface area (Å²) in [5.41, 5.74) is 3.02. The van der Waals surface area contributed by atoms with E-state index in [1.807, 2.05) is 37.0 Å². The summed E-state index contributed by atoms with van der Waals surface area (Å²) >= 11 is 0. The highest BCUT2D eigenvalue weighted by molar-refractivity contribution is 5.85. The molecule has 0 bridgehead atoms. The molecular formula is C16H23ClN6. The highest BCUT2D eigenvalue weighted by atomic mass is 35.5. The molecule has 7 heteroatoms. The van der Waals surface area contributed by atoms with E-state index in [0.29, 0.717) is 6.04 Å². The standard InChI is InChI=1S/C16H22N6.ClH/c1-10-7-18-22(2)16(10)14-5-6-15(21-20-14)19-13-4-3-11-8-17-9-12(11)13;/h5-7,11-13,17H,3-4,8-9H2,1-2H3,(H,19,21);1H. The van der Waals surface area contributed by atoms with E-state index in [0.717, 1.165) is 41.1 Å². The molecule has 1 saturated heterocycles. The molecule has 1 aliphatic heterocycles. The van der Waals surface area contributed by atoms with Crippen molar-refractivity contribution in [2.24, 2.45) is 18.9 Å². The normalized spacial score (nSPS) is 25.9. The number of nitrogens with one attached hydrogen (secondary N) is 2. The maximum absolute atomic E-state index is 4.38. The number of aromatic nitrogens is 4. The summed E-state index contributed by atoms with van der Waals surface area (Å²) in [7, 11) is 1.93. The second-order valence-electron chi connectivity index (χ2n) is 6.51. The van der Waals surface area contributed by atoms with Crippen molar-refractivity contribution in [3.8, 4) is 11.4 Å². The van der Waals surface area contributed by atoms with Gasteiger partial charge in [-0.15, -0.1) is 22.6 Å². The third-order valence-electron chi connectivity index (χ3n) is 5.12. The maximum atomic E-state index is 4.38. The fraction of sp³-hybridized carbons (Fsp3) is 0.562. The lowest BCUT2D eigenvalue weighted by Crippen LogP contribution is -2.28. The molecule has 4 rings (SSSR count). The monoisotopic (exact) mass is 334 g/mol. The van der Waals surface area contributed by atoms with Gasteiger partial charge >= 0.3 is 0 Å². The van der Waals surface area contributed by atoms with Crippen molar-refractivity contribution < 1.29 is 0 Å². The molecule has 3 heterocycles. The first kappa shape index (κ1) is 16.2. The lowest BCUT2D eigenvalue weighted by Gasteiger charge is -2.19. The zero-order chi connectivity index (χ0) is 15.1. The molecule has 0 aromatic carbocycles. The number of halogens is 1. The lowest BCUT2D eigenvalue weighted by molar-refractivity contribution is 0.468. The van der Waals surface area contributed by atoms with Gasteiger partial charge in [0.15, 0.2) is 0 Å². The van der Waals surface area contributed by atoms with Crippen LogP contribution < -0.4 is 10.6 Å². The van der Waals surface area contributed by atoms with Crippen molar-refractivity contribution in [2.75, 3.05) is 18.4 Å². The third kappa shape index (κ3) is 2.93. The topological polar surface area (TPSA) is 67.7 Å². The fourth-order valence-corrected chi connectivity index (χ4v) is 3.97. The number of aryl methyl sites for hydroxylation is 2. The van der Waals surface area contributed by atoms with Gasteiger partial charge in [0.1, 0.15) is 11.5 Å². The first-order valence-corrected chi connectivity index (χ1v) is 8.02. The van der Waals surface area contributed by atoms with Gasteiger partial charge in [0.2, 0.25) is 0 Å². The Morgan fingerprint density at radius 1 is 1.22 bits per heavy atom. The molecule has 1 aliphatic carbocycles. The van der Waals surface area contributed by atoms with Crippen molar-refractivity contribution in [3.63, 3.8) is 0 Å². The summed E-state index contributed by atoms with van der Waals surface area (Å²) in [6.07, 6.45) is 4.41. The molecule has 2 fully saturated rings. The van der Waals surface area contributed by atoms with Gasteiger partial charge in [-0.05, 0) is 55.8 Å². The third-order valence-corrected chi connectivity index (χ3v) is 5.12. The molecule has 0 radical (unpaired) electrons. The minimum atomic E-state index is 0. The average molecular weight is 335 g/mol. The molecule has 2 aliphatic rings. The Balaban J connectivity index is 0.00000156. The highest BCUT2D eigenvalue weighted by Crippen LogP contribution is 2.36. The van der Waals surface area contributed by atoms with Gasteiger partial charge in [-0.3, -0.25) is 4.68 Å². The van der Waals surface area contributed by atoms with Crippen LogP contribution in [0.1, 0.15) is 18.4 Å². The Hall–Kier alpha value is -1.66. The lowest BCUT2D eigenvalue weighted by atomic mass is 9.98. The van der Waals surface area contributed by atoms with Gasteiger partial charge < -0.3 is 10.6 Å². The highest BCUT2D eigenvalue weighted by Gasteiger charge is 2.39.